The fraction of sp³-hybridized carbons (Fsp3) is 0.286. The first-order chi connectivity index (χ1) is 19.9. The van der Waals surface area contributed by atoms with Crippen LogP contribution in [0.25, 0.3) is 0 Å². The number of nitrogens with one attached hydrogen (secondary N) is 2. The topological polar surface area (TPSA) is 123 Å². The number of amides is 2. The third-order valence-electron chi connectivity index (χ3n) is 5.95. The number of anilines is 2. The molecule has 0 aromatic heterocycles. The molecule has 0 aliphatic carbocycles. The van der Waals surface area contributed by atoms with Gasteiger partial charge in [-0.15, -0.1) is 0 Å². The number of halogens is 3. The van der Waals surface area contributed by atoms with Crippen molar-refractivity contribution in [1.82, 2.24) is 5.32 Å². The standard InChI is InChI=1S/C28H30F3N3O7S/c1-39-15-7-14-32-27(36)22-10-4-5-11-23(22)33-26(35)18-34(20-9-6-8-19(16-20)28(29,30)31)42(37,38)21-12-13-24(40-2)25(17-21)41-3/h4-6,8-13,16-17H,7,14-15,18H2,1-3H3,(H,32,36)(H,33,35). The Morgan fingerprint density at radius 2 is 1.62 bits per heavy atom. The van der Waals surface area contributed by atoms with E-state index in [9.17, 15) is 31.2 Å². The average molecular weight is 610 g/mol. The molecule has 0 aliphatic heterocycles. The van der Waals surface area contributed by atoms with Gasteiger partial charge in [-0.05, 0) is 48.9 Å². The zero-order valence-electron chi connectivity index (χ0n) is 23.0. The van der Waals surface area contributed by atoms with Crippen molar-refractivity contribution in [2.45, 2.75) is 17.5 Å². The summed E-state index contributed by atoms with van der Waals surface area (Å²) < 4.78 is 83.9. The zero-order chi connectivity index (χ0) is 30.9. The molecular weight excluding hydrogens is 579 g/mol. The first kappa shape index (κ1) is 32.2. The molecule has 0 aliphatic rings. The van der Waals surface area contributed by atoms with Gasteiger partial charge in [0.2, 0.25) is 5.91 Å². The molecule has 0 radical (unpaired) electrons. The van der Waals surface area contributed by atoms with E-state index in [1.165, 1.54) is 45.6 Å². The van der Waals surface area contributed by atoms with Crippen LogP contribution in [0.15, 0.2) is 71.6 Å². The number of alkyl halides is 3. The van der Waals surface area contributed by atoms with E-state index in [1.54, 1.807) is 12.1 Å². The van der Waals surface area contributed by atoms with Crippen LogP contribution in [0.2, 0.25) is 0 Å². The normalized spacial score (nSPS) is 11.5. The number of benzene rings is 3. The molecule has 0 saturated carbocycles. The van der Waals surface area contributed by atoms with E-state index >= 15 is 0 Å². The number of rotatable bonds is 13. The number of para-hydroxylation sites is 1. The van der Waals surface area contributed by atoms with E-state index in [0.29, 0.717) is 29.9 Å². The second kappa shape index (κ2) is 14.0. The van der Waals surface area contributed by atoms with E-state index in [1.807, 2.05) is 0 Å². The number of nitrogens with zero attached hydrogens (tertiary/aromatic N) is 1. The Bertz CT molecular complexity index is 1510. The Hall–Kier alpha value is -4.30. The predicted octanol–water partition coefficient (Wildman–Crippen LogP) is 4.32. The number of sulfonamides is 1. The van der Waals surface area contributed by atoms with Gasteiger partial charge in [0.1, 0.15) is 6.54 Å². The van der Waals surface area contributed by atoms with Gasteiger partial charge in [0, 0.05) is 26.3 Å². The van der Waals surface area contributed by atoms with Crippen molar-refractivity contribution in [1.29, 1.82) is 0 Å². The fourth-order valence-corrected chi connectivity index (χ4v) is 5.31. The molecule has 3 aromatic rings. The lowest BCUT2D eigenvalue weighted by Crippen LogP contribution is -2.38. The zero-order valence-corrected chi connectivity index (χ0v) is 23.8. The molecule has 0 atom stereocenters. The minimum absolute atomic E-state index is 0.0532. The summed E-state index contributed by atoms with van der Waals surface area (Å²) >= 11 is 0. The van der Waals surface area contributed by atoms with Gasteiger partial charge < -0.3 is 24.8 Å². The first-order valence-electron chi connectivity index (χ1n) is 12.5. The summed E-state index contributed by atoms with van der Waals surface area (Å²) in [6.45, 7) is -0.178. The third kappa shape index (κ3) is 7.91. The van der Waals surface area contributed by atoms with Crippen LogP contribution in [0.3, 0.4) is 0 Å². The molecule has 0 bridgehead atoms. The van der Waals surface area contributed by atoms with E-state index in [-0.39, 0.29) is 27.6 Å². The van der Waals surface area contributed by atoms with Crippen molar-refractivity contribution >= 4 is 33.2 Å². The molecule has 0 spiro atoms. The number of hydrogen-bond donors (Lipinski definition) is 2. The second-order valence-corrected chi connectivity index (χ2v) is 10.6. The van der Waals surface area contributed by atoms with E-state index in [2.05, 4.69) is 10.6 Å². The minimum atomic E-state index is -4.77. The third-order valence-corrected chi connectivity index (χ3v) is 7.72. The number of carbonyl (C=O) groups is 2. The molecule has 2 N–H and O–H groups in total. The largest absolute Gasteiger partial charge is 0.493 e. The molecule has 0 unspecified atom stereocenters. The maximum Gasteiger partial charge on any atom is 0.416 e. The molecule has 2 amide bonds. The van der Waals surface area contributed by atoms with Crippen LogP contribution in [0, 0.1) is 0 Å². The molecule has 226 valence electrons. The molecule has 42 heavy (non-hydrogen) atoms. The van der Waals surface area contributed by atoms with Gasteiger partial charge >= 0.3 is 6.18 Å². The maximum absolute atomic E-state index is 13.8. The van der Waals surface area contributed by atoms with Gasteiger partial charge in [0.25, 0.3) is 15.9 Å². The van der Waals surface area contributed by atoms with Crippen LogP contribution in [0.1, 0.15) is 22.3 Å². The van der Waals surface area contributed by atoms with Crippen molar-refractivity contribution in [3.63, 3.8) is 0 Å². The molecule has 14 heteroatoms. The van der Waals surface area contributed by atoms with Crippen molar-refractivity contribution in [2.75, 3.05) is 50.6 Å². The molecule has 0 heterocycles. The Balaban J connectivity index is 1.98. The fourth-order valence-electron chi connectivity index (χ4n) is 3.88. The maximum atomic E-state index is 13.8. The van der Waals surface area contributed by atoms with Crippen LogP contribution >= 0.6 is 0 Å². The second-order valence-electron chi connectivity index (χ2n) is 8.77. The summed E-state index contributed by atoms with van der Waals surface area (Å²) in [5, 5.41) is 5.20. The molecule has 3 rings (SSSR count). The van der Waals surface area contributed by atoms with Crippen molar-refractivity contribution in [3.05, 3.63) is 77.9 Å². The number of carbonyl (C=O) groups excluding carboxylic acids is 2. The van der Waals surface area contributed by atoms with Gasteiger partial charge in [0.05, 0.1) is 41.6 Å². The van der Waals surface area contributed by atoms with Crippen LogP contribution < -0.4 is 24.4 Å². The van der Waals surface area contributed by atoms with Crippen LogP contribution in [-0.2, 0) is 25.7 Å². The highest BCUT2D eigenvalue weighted by Crippen LogP contribution is 2.35. The van der Waals surface area contributed by atoms with Crippen molar-refractivity contribution in [3.8, 4) is 11.5 Å². The smallest absolute Gasteiger partial charge is 0.416 e. The number of methoxy groups -OCH3 is 3. The lowest BCUT2D eigenvalue weighted by Gasteiger charge is -2.25. The highest BCUT2D eigenvalue weighted by molar-refractivity contribution is 7.92. The van der Waals surface area contributed by atoms with Crippen LogP contribution in [0.5, 0.6) is 11.5 Å². The van der Waals surface area contributed by atoms with Crippen LogP contribution in [0.4, 0.5) is 24.5 Å². The monoisotopic (exact) mass is 609 g/mol. The Morgan fingerprint density at radius 1 is 0.905 bits per heavy atom. The molecule has 3 aromatic carbocycles. The highest BCUT2D eigenvalue weighted by atomic mass is 32.2. The highest BCUT2D eigenvalue weighted by Gasteiger charge is 2.34. The first-order valence-corrected chi connectivity index (χ1v) is 13.9. The number of ether oxygens (including phenoxy) is 3. The summed E-state index contributed by atoms with van der Waals surface area (Å²) in [5.74, 6) is -1.12. The predicted molar refractivity (Wildman–Crippen MR) is 149 cm³/mol. The van der Waals surface area contributed by atoms with E-state index in [4.69, 9.17) is 14.2 Å². The summed E-state index contributed by atoms with van der Waals surface area (Å²) in [4.78, 5) is 25.6. The van der Waals surface area contributed by atoms with Gasteiger partial charge in [0.15, 0.2) is 11.5 Å². The Kier molecular flexibility index (Phi) is 10.8. The Morgan fingerprint density at radius 3 is 2.29 bits per heavy atom. The Labute approximate surface area is 241 Å². The molecule has 0 saturated heterocycles. The number of hydrogen-bond acceptors (Lipinski definition) is 7. The van der Waals surface area contributed by atoms with Crippen molar-refractivity contribution in [2.24, 2.45) is 0 Å². The SMILES string of the molecule is COCCCNC(=O)c1ccccc1NC(=O)CN(c1cccc(C(F)(F)F)c1)S(=O)(=O)c1ccc(OC)c(OC)c1. The van der Waals surface area contributed by atoms with Gasteiger partial charge in [-0.25, -0.2) is 8.42 Å². The summed E-state index contributed by atoms with van der Waals surface area (Å²) in [7, 11) is -0.459. The van der Waals surface area contributed by atoms with Gasteiger partial charge in [-0.3, -0.25) is 13.9 Å². The molecule has 0 fully saturated rings. The van der Waals surface area contributed by atoms with Crippen LogP contribution in [-0.4, -0.2) is 61.3 Å². The summed E-state index contributed by atoms with van der Waals surface area (Å²) in [6.07, 6.45) is -4.22. The average Bonchev–Trinajstić information content (AvgIpc) is 2.97. The lowest BCUT2D eigenvalue weighted by molar-refractivity contribution is -0.137. The summed E-state index contributed by atoms with van der Waals surface area (Å²) in [5.41, 5.74) is -1.32. The van der Waals surface area contributed by atoms with Gasteiger partial charge in [-0.1, -0.05) is 18.2 Å². The molecule has 10 nitrogen and oxygen atoms in total. The quantitative estimate of drug-likeness (QED) is 0.277. The van der Waals surface area contributed by atoms with Crippen molar-refractivity contribution < 1.29 is 45.4 Å². The van der Waals surface area contributed by atoms with Gasteiger partial charge in [-0.2, -0.15) is 13.2 Å². The van der Waals surface area contributed by atoms with E-state index < -0.39 is 45.8 Å². The lowest BCUT2D eigenvalue weighted by atomic mass is 10.1. The minimum Gasteiger partial charge on any atom is -0.493 e. The van der Waals surface area contributed by atoms with E-state index in [0.717, 1.165) is 24.3 Å². The summed E-state index contributed by atoms with van der Waals surface area (Å²) in [6, 6.07) is 13.3. The molecular formula is C28H30F3N3O7S.